The maximum Gasteiger partial charge on any atom is 0.137 e. The molecule has 0 unspecified atom stereocenters. The monoisotopic (exact) mass is 732 g/mol. The normalized spacial score (nSPS) is 13.2. The summed E-state index contributed by atoms with van der Waals surface area (Å²) < 4.78 is 9.27. The van der Waals surface area contributed by atoms with E-state index in [2.05, 4.69) is 217 Å². The number of hydrogen-bond donors (Lipinski definition) is 0. The second kappa shape index (κ2) is 13.8. The summed E-state index contributed by atoms with van der Waals surface area (Å²) in [7, 11) is -1.57. The minimum absolute atomic E-state index is 0.456. The molecule has 55 heavy (non-hydrogen) atoms. The zero-order valence-electron chi connectivity index (χ0n) is 31.7. The molecule has 6 aromatic carbocycles. The molecular formula is C49H44N4OSi. The van der Waals surface area contributed by atoms with Crippen LogP contribution in [0, 0.1) is 0 Å². The fourth-order valence-electron chi connectivity index (χ4n) is 7.92. The Morgan fingerprint density at radius 1 is 0.545 bits per heavy atom. The van der Waals surface area contributed by atoms with Crippen LogP contribution >= 0.6 is 0 Å². The largest absolute Gasteiger partial charge is 0.457 e. The fraction of sp³-hybridized carbons (Fsp3) is 0.122. The number of pyridine rings is 1. The van der Waals surface area contributed by atoms with E-state index >= 15 is 0 Å². The predicted octanol–water partition coefficient (Wildman–Crippen LogP) is 11.6. The van der Waals surface area contributed by atoms with Gasteiger partial charge in [-0.3, -0.25) is 4.57 Å². The molecule has 0 amide bonds. The van der Waals surface area contributed by atoms with Crippen molar-refractivity contribution in [3.05, 3.63) is 199 Å². The molecule has 0 radical (unpaired) electrons. The summed E-state index contributed by atoms with van der Waals surface area (Å²) in [6.07, 6.45) is 6.26. The van der Waals surface area contributed by atoms with Gasteiger partial charge >= 0.3 is 0 Å². The average molecular weight is 733 g/mol. The molecule has 0 saturated carbocycles. The van der Waals surface area contributed by atoms with Crippen LogP contribution < -0.4 is 19.7 Å². The van der Waals surface area contributed by atoms with Gasteiger partial charge < -0.3 is 14.5 Å². The van der Waals surface area contributed by atoms with E-state index in [9.17, 15) is 0 Å². The Kier molecular flexibility index (Phi) is 8.63. The summed E-state index contributed by atoms with van der Waals surface area (Å²) >= 11 is 0. The van der Waals surface area contributed by atoms with Gasteiger partial charge in [-0.2, -0.15) is 0 Å². The van der Waals surface area contributed by atoms with Gasteiger partial charge in [0.2, 0.25) is 0 Å². The Bertz CT molecular complexity index is 2620. The second-order valence-corrected chi connectivity index (χ2v) is 20.7. The Morgan fingerprint density at radius 3 is 1.85 bits per heavy atom. The third kappa shape index (κ3) is 6.38. The zero-order chi connectivity index (χ0) is 37.6. The number of para-hydroxylation sites is 2. The molecule has 0 atom stereocenters. The molecule has 8 aromatic rings. The van der Waals surface area contributed by atoms with E-state index in [0.717, 1.165) is 45.3 Å². The maximum absolute atomic E-state index is 6.98. The SMILES string of the molecule is CC(c1ccccc1)(c1ccccc1)c1cc(Oc2ccc3c4ccccc4n(-c4cc([Si](C)(C)C)ccn4)c3c2)cc(N2C=CN(c3ccccc3)C2)c1. The summed E-state index contributed by atoms with van der Waals surface area (Å²) in [5.74, 6) is 2.47. The molecule has 0 fully saturated rings. The highest BCUT2D eigenvalue weighted by molar-refractivity contribution is 6.88. The molecule has 1 aliphatic heterocycles. The summed E-state index contributed by atoms with van der Waals surface area (Å²) in [5, 5.41) is 3.74. The van der Waals surface area contributed by atoms with Crippen LogP contribution in [0.5, 0.6) is 11.5 Å². The summed E-state index contributed by atoms with van der Waals surface area (Å²) in [4.78, 5) is 9.47. The maximum atomic E-state index is 6.98. The molecule has 0 saturated heterocycles. The lowest BCUT2D eigenvalue weighted by Crippen LogP contribution is -2.37. The smallest absolute Gasteiger partial charge is 0.137 e. The van der Waals surface area contributed by atoms with Crippen LogP contribution in [0.1, 0.15) is 23.6 Å². The van der Waals surface area contributed by atoms with E-state index in [0.29, 0.717) is 6.67 Å². The lowest BCUT2D eigenvalue weighted by molar-refractivity contribution is 0.481. The van der Waals surface area contributed by atoms with Crippen molar-refractivity contribution >= 4 is 46.4 Å². The van der Waals surface area contributed by atoms with Gasteiger partial charge in [-0.15, -0.1) is 0 Å². The predicted molar refractivity (Wildman–Crippen MR) is 232 cm³/mol. The average Bonchev–Trinajstić information content (AvgIpc) is 3.85. The van der Waals surface area contributed by atoms with Crippen molar-refractivity contribution in [2.24, 2.45) is 0 Å². The highest BCUT2D eigenvalue weighted by Crippen LogP contribution is 2.43. The van der Waals surface area contributed by atoms with Crippen molar-refractivity contribution in [3.8, 4) is 17.3 Å². The van der Waals surface area contributed by atoms with Gasteiger partial charge in [0.1, 0.15) is 17.3 Å². The Hall–Kier alpha value is -6.37. The molecule has 3 heterocycles. The number of rotatable bonds is 9. The van der Waals surface area contributed by atoms with Crippen LogP contribution in [0.2, 0.25) is 19.6 Å². The van der Waals surface area contributed by atoms with Crippen molar-refractivity contribution in [3.63, 3.8) is 0 Å². The molecule has 9 rings (SSSR count). The number of anilines is 2. The third-order valence-corrected chi connectivity index (χ3v) is 13.1. The van der Waals surface area contributed by atoms with Gasteiger partial charge in [0, 0.05) is 58.3 Å². The molecular weight excluding hydrogens is 689 g/mol. The number of ether oxygens (including phenoxy) is 1. The Morgan fingerprint density at radius 2 is 1.16 bits per heavy atom. The van der Waals surface area contributed by atoms with Crippen molar-refractivity contribution < 1.29 is 4.74 Å². The van der Waals surface area contributed by atoms with Crippen molar-refractivity contribution in [1.29, 1.82) is 0 Å². The van der Waals surface area contributed by atoms with E-state index in [1.54, 1.807) is 0 Å². The summed E-state index contributed by atoms with van der Waals surface area (Å²) in [5.41, 5.74) is 7.52. The van der Waals surface area contributed by atoms with Crippen LogP contribution in [0.3, 0.4) is 0 Å². The number of aromatic nitrogens is 2. The van der Waals surface area contributed by atoms with E-state index in [4.69, 9.17) is 9.72 Å². The van der Waals surface area contributed by atoms with Crippen LogP contribution in [-0.4, -0.2) is 24.3 Å². The minimum atomic E-state index is -1.57. The highest BCUT2D eigenvalue weighted by Gasteiger charge is 2.33. The molecule has 2 aromatic heterocycles. The topological polar surface area (TPSA) is 33.5 Å². The lowest BCUT2D eigenvalue weighted by Gasteiger charge is -2.33. The number of fused-ring (bicyclic) bond motifs is 3. The van der Waals surface area contributed by atoms with Crippen molar-refractivity contribution in [1.82, 2.24) is 9.55 Å². The van der Waals surface area contributed by atoms with E-state index < -0.39 is 13.5 Å². The summed E-state index contributed by atoms with van der Waals surface area (Å²) in [6.45, 7) is 10.1. The Labute approximate surface area is 324 Å². The van der Waals surface area contributed by atoms with Crippen LogP contribution in [0.15, 0.2) is 182 Å². The zero-order valence-corrected chi connectivity index (χ0v) is 32.7. The van der Waals surface area contributed by atoms with Crippen LogP contribution in [0.4, 0.5) is 11.4 Å². The minimum Gasteiger partial charge on any atom is -0.457 e. The molecule has 6 heteroatoms. The standard InChI is InChI=1S/C49H44N4OSi/c1-49(36-16-8-5-9-17-36,37-18-10-6-11-19-37)38-30-40(52-29-28-51(35-52)39-20-12-7-13-21-39)32-42(31-38)54-41-24-25-45-44-22-14-15-23-46(44)53(47(45)33-41)48-34-43(26-27-50-48)55(2,3)4/h5-34H,35H2,1-4H3. The Balaban J connectivity index is 1.18. The van der Waals surface area contributed by atoms with Gasteiger partial charge in [0.25, 0.3) is 0 Å². The van der Waals surface area contributed by atoms with E-state index in [-0.39, 0.29) is 0 Å². The molecule has 0 N–H and O–H groups in total. The molecule has 0 spiro atoms. The molecule has 5 nitrogen and oxygen atoms in total. The fourth-order valence-corrected chi connectivity index (χ4v) is 9.05. The molecule has 0 bridgehead atoms. The van der Waals surface area contributed by atoms with Crippen LogP contribution in [0.25, 0.3) is 27.6 Å². The lowest BCUT2D eigenvalue weighted by atomic mass is 9.71. The van der Waals surface area contributed by atoms with Gasteiger partial charge in [0.15, 0.2) is 0 Å². The first-order chi connectivity index (χ1) is 26.8. The summed E-state index contributed by atoms with van der Waals surface area (Å²) in [6, 6.07) is 58.3. The molecule has 270 valence electrons. The first kappa shape index (κ1) is 34.4. The molecule has 0 aliphatic carbocycles. The number of hydrogen-bond acceptors (Lipinski definition) is 4. The quantitative estimate of drug-likeness (QED) is 0.109. The van der Waals surface area contributed by atoms with Gasteiger partial charge in [-0.25, -0.2) is 4.98 Å². The second-order valence-electron chi connectivity index (χ2n) is 15.6. The van der Waals surface area contributed by atoms with Crippen LogP contribution in [-0.2, 0) is 5.41 Å². The first-order valence-corrected chi connectivity index (χ1v) is 22.5. The van der Waals surface area contributed by atoms with E-state index in [1.807, 2.05) is 6.20 Å². The first-order valence-electron chi connectivity index (χ1n) is 19.0. The molecule has 1 aliphatic rings. The van der Waals surface area contributed by atoms with E-state index in [1.165, 1.54) is 27.1 Å². The number of nitrogens with zero attached hydrogens (tertiary/aromatic N) is 4. The van der Waals surface area contributed by atoms with Crippen molar-refractivity contribution in [2.45, 2.75) is 32.0 Å². The van der Waals surface area contributed by atoms with Gasteiger partial charge in [-0.05, 0) is 78.2 Å². The number of benzene rings is 6. The van der Waals surface area contributed by atoms with Gasteiger partial charge in [0.05, 0.1) is 25.8 Å². The van der Waals surface area contributed by atoms with Gasteiger partial charge in [-0.1, -0.05) is 122 Å². The highest BCUT2D eigenvalue weighted by atomic mass is 28.3. The third-order valence-electron chi connectivity index (χ3n) is 11.0. The van der Waals surface area contributed by atoms with Crippen molar-refractivity contribution in [2.75, 3.05) is 16.5 Å².